The number of aromatic nitrogens is 1. The summed E-state index contributed by atoms with van der Waals surface area (Å²) in [5.74, 6) is 2.14. The van der Waals surface area contributed by atoms with Gasteiger partial charge >= 0.3 is 0 Å². The number of nitrogens with zero attached hydrogens (tertiary/aromatic N) is 2. The van der Waals surface area contributed by atoms with Gasteiger partial charge in [0, 0.05) is 36.5 Å². The highest BCUT2D eigenvalue weighted by molar-refractivity contribution is 5.95. The van der Waals surface area contributed by atoms with Gasteiger partial charge in [0.2, 0.25) is 0 Å². The molecule has 1 amide bonds. The summed E-state index contributed by atoms with van der Waals surface area (Å²) in [6.45, 7) is 3.40. The SMILES string of the molecule is COc1cc(OC)cc(C(=O)N2CCC(Nc3cccc(C)n3)CC2)c1. The molecule has 3 rings (SSSR count). The number of likely N-dealkylation sites (tertiary alicyclic amines) is 1. The molecular formula is C20H25N3O3. The average Bonchev–Trinajstić information content (AvgIpc) is 2.67. The Morgan fingerprint density at radius 3 is 2.35 bits per heavy atom. The molecule has 0 bridgehead atoms. The number of carbonyl (C=O) groups is 1. The summed E-state index contributed by atoms with van der Waals surface area (Å²) < 4.78 is 10.5. The first-order valence-corrected chi connectivity index (χ1v) is 8.81. The first-order valence-electron chi connectivity index (χ1n) is 8.81. The van der Waals surface area contributed by atoms with Gasteiger partial charge in [-0.05, 0) is 44.0 Å². The molecule has 1 aliphatic heterocycles. The van der Waals surface area contributed by atoms with Crippen molar-refractivity contribution in [3.8, 4) is 11.5 Å². The maximum absolute atomic E-state index is 12.8. The lowest BCUT2D eigenvalue weighted by Crippen LogP contribution is -2.42. The zero-order valence-corrected chi connectivity index (χ0v) is 15.5. The minimum absolute atomic E-state index is 0.00864. The van der Waals surface area contributed by atoms with E-state index in [0.717, 1.165) is 24.4 Å². The van der Waals surface area contributed by atoms with Gasteiger partial charge in [0.15, 0.2) is 0 Å². The Hall–Kier alpha value is -2.76. The van der Waals surface area contributed by atoms with Crippen molar-refractivity contribution >= 4 is 11.7 Å². The lowest BCUT2D eigenvalue weighted by Gasteiger charge is -2.32. The maximum Gasteiger partial charge on any atom is 0.254 e. The molecule has 6 heteroatoms. The second kappa shape index (κ2) is 8.08. The summed E-state index contributed by atoms with van der Waals surface area (Å²) in [4.78, 5) is 19.2. The van der Waals surface area contributed by atoms with Crippen molar-refractivity contribution in [1.82, 2.24) is 9.88 Å². The van der Waals surface area contributed by atoms with Gasteiger partial charge < -0.3 is 19.7 Å². The third-order valence-electron chi connectivity index (χ3n) is 4.62. The molecule has 26 heavy (non-hydrogen) atoms. The van der Waals surface area contributed by atoms with Crippen LogP contribution in [0, 0.1) is 6.92 Å². The molecule has 1 aliphatic rings. The molecule has 2 heterocycles. The summed E-state index contributed by atoms with van der Waals surface area (Å²) in [6, 6.07) is 11.6. The quantitative estimate of drug-likeness (QED) is 0.893. The summed E-state index contributed by atoms with van der Waals surface area (Å²) in [6.07, 6.45) is 1.78. The van der Waals surface area contributed by atoms with E-state index in [-0.39, 0.29) is 5.91 Å². The molecule has 0 atom stereocenters. The van der Waals surface area contributed by atoms with Gasteiger partial charge in [0.1, 0.15) is 17.3 Å². The van der Waals surface area contributed by atoms with Crippen LogP contribution in [0.5, 0.6) is 11.5 Å². The van der Waals surface area contributed by atoms with Crippen molar-refractivity contribution in [2.24, 2.45) is 0 Å². The molecule has 0 spiro atoms. The van der Waals surface area contributed by atoms with Crippen LogP contribution in [0.2, 0.25) is 0 Å². The fourth-order valence-electron chi connectivity index (χ4n) is 3.17. The number of amides is 1. The molecule has 1 aromatic heterocycles. The smallest absolute Gasteiger partial charge is 0.254 e. The molecule has 138 valence electrons. The predicted octanol–water partition coefficient (Wildman–Crippen LogP) is 3.12. The summed E-state index contributed by atoms with van der Waals surface area (Å²) in [5.41, 5.74) is 1.59. The zero-order chi connectivity index (χ0) is 18.5. The van der Waals surface area contributed by atoms with Gasteiger partial charge in [-0.1, -0.05) is 6.07 Å². The molecule has 1 fully saturated rings. The molecule has 0 saturated carbocycles. The van der Waals surface area contributed by atoms with E-state index in [4.69, 9.17) is 9.47 Å². The summed E-state index contributed by atoms with van der Waals surface area (Å²) in [7, 11) is 3.17. The Bertz CT molecular complexity index is 748. The normalized spacial score (nSPS) is 14.8. The van der Waals surface area contributed by atoms with E-state index >= 15 is 0 Å². The largest absolute Gasteiger partial charge is 0.497 e. The van der Waals surface area contributed by atoms with Crippen LogP contribution in [0.25, 0.3) is 0 Å². The van der Waals surface area contributed by atoms with Crippen molar-refractivity contribution in [1.29, 1.82) is 0 Å². The number of ether oxygens (including phenoxy) is 2. The highest BCUT2D eigenvalue weighted by Crippen LogP contribution is 2.25. The van der Waals surface area contributed by atoms with E-state index in [1.807, 2.05) is 30.0 Å². The van der Waals surface area contributed by atoms with Crippen molar-refractivity contribution in [2.75, 3.05) is 32.6 Å². The van der Waals surface area contributed by atoms with Crippen LogP contribution in [0.4, 0.5) is 5.82 Å². The van der Waals surface area contributed by atoms with Crippen LogP contribution >= 0.6 is 0 Å². The first-order chi connectivity index (χ1) is 12.6. The van der Waals surface area contributed by atoms with Crippen LogP contribution in [-0.2, 0) is 0 Å². The first kappa shape index (κ1) is 18.0. The van der Waals surface area contributed by atoms with Crippen LogP contribution in [0.3, 0.4) is 0 Å². The lowest BCUT2D eigenvalue weighted by atomic mass is 10.0. The molecule has 1 N–H and O–H groups in total. The average molecular weight is 355 g/mol. The Kier molecular flexibility index (Phi) is 5.61. The number of methoxy groups -OCH3 is 2. The number of rotatable bonds is 5. The second-order valence-corrected chi connectivity index (χ2v) is 6.48. The molecule has 2 aromatic rings. The second-order valence-electron chi connectivity index (χ2n) is 6.48. The monoisotopic (exact) mass is 355 g/mol. The van der Waals surface area contributed by atoms with Crippen LogP contribution in [0.15, 0.2) is 36.4 Å². The van der Waals surface area contributed by atoms with Crippen molar-refractivity contribution in [2.45, 2.75) is 25.8 Å². The third kappa shape index (κ3) is 4.25. The van der Waals surface area contributed by atoms with E-state index in [0.29, 0.717) is 36.2 Å². The van der Waals surface area contributed by atoms with Gasteiger partial charge in [-0.15, -0.1) is 0 Å². The van der Waals surface area contributed by atoms with Crippen LogP contribution < -0.4 is 14.8 Å². The molecule has 1 saturated heterocycles. The van der Waals surface area contributed by atoms with Gasteiger partial charge in [0.05, 0.1) is 14.2 Å². The zero-order valence-electron chi connectivity index (χ0n) is 15.5. The molecule has 0 aliphatic carbocycles. The van der Waals surface area contributed by atoms with Crippen molar-refractivity contribution < 1.29 is 14.3 Å². The van der Waals surface area contributed by atoms with Gasteiger partial charge in [0.25, 0.3) is 5.91 Å². The lowest BCUT2D eigenvalue weighted by molar-refractivity contribution is 0.0717. The number of hydrogen-bond donors (Lipinski definition) is 1. The number of benzene rings is 1. The number of nitrogens with one attached hydrogen (secondary N) is 1. The van der Waals surface area contributed by atoms with Gasteiger partial charge in [-0.2, -0.15) is 0 Å². The number of aryl methyl sites for hydroxylation is 1. The minimum atomic E-state index is 0.00864. The summed E-state index contributed by atoms with van der Waals surface area (Å²) in [5, 5.41) is 3.47. The fourth-order valence-corrected chi connectivity index (χ4v) is 3.17. The minimum Gasteiger partial charge on any atom is -0.497 e. The topological polar surface area (TPSA) is 63.7 Å². The Morgan fingerprint density at radius 1 is 1.12 bits per heavy atom. The maximum atomic E-state index is 12.8. The number of pyridine rings is 1. The van der Waals surface area contributed by atoms with Gasteiger partial charge in [-0.25, -0.2) is 4.98 Å². The Morgan fingerprint density at radius 2 is 1.77 bits per heavy atom. The van der Waals surface area contributed by atoms with Gasteiger partial charge in [-0.3, -0.25) is 4.79 Å². The fraction of sp³-hybridized carbons (Fsp3) is 0.400. The van der Waals surface area contributed by atoms with Crippen molar-refractivity contribution in [3.63, 3.8) is 0 Å². The van der Waals surface area contributed by atoms with E-state index in [1.54, 1.807) is 32.4 Å². The Balaban J connectivity index is 1.61. The van der Waals surface area contributed by atoms with E-state index in [2.05, 4.69) is 10.3 Å². The number of anilines is 1. The van der Waals surface area contributed by atoms with E-state index in [1.165, 1.54) is 0 Å². The van der Waals surface area contributed by atoms with Crippen molar-refractivity contribution in [3.05, 3.63) is 47.7 Å². The highest BCUT2D eigenvalue weighted by Gasteiger charge is 2.24. The van der Waals surface area contributed by atoms with Crippen LogP contribution in [-0.4, -0.2) is 49.1 Å². The van der Waals surface area contributed by atoms with Crippen LogP contribution in [0.1, 0.15) is 28.9 Å². The third-order valence-corrected chi connectivity index (χ3v) is 4.62. The molecule has 1 aromatic carbocycles. The standard InChI is InChI=1S/C20H25N3O3/c1-14-5-4-6-19(21-14)22-16-7-9-23(10-8-16)20(24)15-11-17(25-2)13-18(12-15)26-3/h4-6,11-13,16H,7-10H2,1-3H3,(H,21,22). The number of piperidine rings is 1. The number of hydrogen-bond acceptors (Lipinski definition) is 5. The van der Waals surface area contributed by atoms with E-state index in [9.17, 15) is 4.79 Å². The predicted molar refractivity (Wildman–Crippen MR) is 101 cm³/mol. The Labute approximate surface area is 154 Å². The molecule has 0 unspecified atom stereocenters. The van der Waals surface area contributed by atoms with E-state index < -0.39 is 0 Å². The highest BCUT2D eigenvalue weighted by atomic mass is 16.5. The molecule has 6 nitrogen and oxygen atoms in total. The molecule has 0 radical (unpaired) electrons. The summed E-state index contributed by atoms with van der Waals surface area (Å²) >= 11 is 0. The molecular weight excluding hydrogens is 330 g/mol. The number of carbonyl (C=O) groups excluding carboxylic acids is 1.